The fourth-order valence-corrected chi connectivity index (χ4v) is 1.27. The Morgan fingerprint density at radius 2 is 1.83 bits per heavy atom. The lowest BCUT2D eigenvalue weighted by Gasteiger charge is -2.05. The van der Waals surface area contributed by atoms with Crippen LogP contribution in [0.25, 0.3) is 0 Å². The lowest BCUT2D eigenvalue weighted by atomic mass is 10.3. The van der Waals surface area contributed by atoms with Gasteiger partial charge in [-0.05, 0) is 0 Å². The molecule has 0 aromatic heterocycles. The number of carboxylic acid groups (broad SMARTS) is 2. The van der Waals surface area contributed by atoms with Crippen LogP contribution in [-0.2, 0) is 14.4 Å². The molecule has 0 rings (SSSR count). The van der Waals surface area contributed by atoms with Gasteiger partial charge >= 0.3 is 11.9 Å². The Morgan fingerprint density at radius 3 is 2.08 bits per heavy atom. The average molecular weight is 192 g/mol. The predicted octanol–water partition coefficient (Wildman–Crippen LogP) is 0.194. The molecule has 6 heteroatoms. The molecule has 0 amide bonds. The van der Waals surface area contributed by atoms with Gasteiger partial charge in [-0.3, -0.25) is 14.4 Å². The summed E-state index contributed by atoms with van der Waals surface area (Å²) < 4.78 is 0. The number of carboxylic acids is 2. The van der Waals surface area contributed by atoms with Crippen LogP contribution in [-0.4, -0.2) is 32.5 Å². The van der Waals surface area contributed by atoms with Gasteiger partial charge in [0.15, 0.2) is 5.12 Å². The van der Waals surface area contributed by atoms with Gasteiger partial charge in [0.05, 0.1) is 6.42 Å². The van der Waals surface area contributed by atoms with E-state index in [9.17, 15) is 14.4 Å². The molecule has 0 spiro atoms. The van der Waals surface area contributed by atoms with Crippen molar-refractivity contribution < 1.29 is 24.6 Å². The molecule has 12 heavy (non-hydrogen) atoms. The van der Waals surface area contributed by atoms with E-state index in [0.717, 1.165) is 0 Å². The third kappa shape index (κ3) is 4.73. The highest BCUT2D eigenvalue weighted by molar-refractivity contribution is 8.14. The third-order valence-corrected chi connectivity index (χ3v) is 1.93. The molecule has 2 N–H and O–H groups in total. The summed E-state index contributed by atoms with van der Waals surface area (Å²) in [6.07, 6.45) is -0.542. The highest BCUT2D eigenvalue weighted by Crippen LogP contribution is 2.15. The van der Waals surface area contributed by atoms with Crippen LogP contribution in [0.1, 0.15) is 13.3 Å². The monoisotopic (exact) mass is 192 g/mol. The first kappa shape index (κ1) is 11.0. The van der Waals surface area contributed by atoms with Crippen LogP contribution in [0, 0.1) is 0 Å². The lowest BCUT2D eigenvalue weighted by molar-refractivity contribution is -0.143. The minimum atomic E-state index is -1.28. The van der Waals surface area contributed by atoms with Gasteiger partial charge in [-0.15, -0.1) is 0 Å². The maximum atomic E-state index is 10.4. The van der Waals surface area contributed by atoms with E-state index in [0.29, 0.717) is 11.8 Å². The quantitative estimate of drug-likeness (QED) is 0.660. The smallest absolute Gasteiger partial charge is 0.317 e. The zero-order chi connectivity index (χ0) is 9.72. The molecule has 1 atom stereocenters. The number of rotatable bonds is 4. The summed E-state index contributed by atoms with van der Waals surface area (Å²) in [5.74, 6) is -2.51. The molecule has 68 valence electrons. The maximum absolute atomic E-state index is 10.4. The van der Waals surface area contributed by atoms with Crippen molar-refractivity contribution in [3.63, 3.8) is 0 Å². The molecule has 0 fully saturated rings. The summed E-state index contributed by atoms with van der Waals surface area (Å²) in [6, 6.07) is 0. The topological polar surface area (TPSA) is 91.7 Å². The first-order chi connectivity index (χ1) is 5.43. The van der Waals surface area contributed by atoms with E-state index in [4.69, 9.17) is 10.2 Å². The second-order valence-corrected chi connectivity index (χ2v) is 3.41. The second-order valence-electron chi connectivity index (χ2n) is 2.03. The molecule has 0 radical (unpaired) electrons. The zero-order valence-electron chi connectivity index (χ0n) is 6.31. The number of aliphatic carboxylic acids is 2. The number of carbonyl (C=O) groups is 3. The SMILES string of the molecule is CC(=O)S[C@@H](CC(=O)O)C(=O)O. The van der Waals surface area contributed by atoms with E-state index < -0.39 is 28.7 Å². The molecule has 5 nitrogen and oxygen atoms in total. The van der Waals surface area contributed by atoms with Crippen LogP contribution in [0.2, 0.25) is 0 Å². The Kier molecular flexibility index (Phi) is 4.35. The van der Waals surface area contributed by atoms with E-state index in [2.05, 4.69) is 0 Å². The zero-order valence-corrected chi connectivity index (χ0v) is 7.13. The molecule has 0 aliphatic heterocycles. The van der Waals surface area contributed by atoms with E-state index in [1.54, 1.807) is 0 Å². The Hall–Kier alpha value is -1.04. The first-order valence-electron chi connectivity index (χ1n) is 3.05. The van der Waals surface area contributed by atoms with Crippen molar-refractivity contribution in [1.82, 2.24) is 0 Å². The maximum Gasteiger partial charge on any atom is 0.317 e. The second kappa shape index (κ2) is 4.76. The summed E-state index contributed by atoms with van der Waals surface area (Å²) in [6.45, 7) is 1.20. The molecular formula is C6H8O5S. The van der Waals surface area contributed by atoms with E-state index in [1.807, 2.05) is 0 Å². The van der Waals surface area contributed by atoms with Crippen LogP contribution in [0.5, 0.6) is 0 Å². The van der Waals surface area contributed by atoms with Gasteiger partial charge < -0.3 is 10.2 Å². The van der Waals surface area contributed by atoms with Crippen molar-refractivity contribution in [2.75, 3.05) is 0 Å². The third-order valence-electron chi connectivity index (χ3n) is 0.944. The summed E-state index contributed by atoms with van der Waals surface area (Å²) >= 11 is 0.517. The normalized spacial score (nSPS) is 12.1. The largest absolute Gasteiger partial charge is 0.481 e. The minimum absolute atomic E-state index is 0.399. The van der Waals surface area contributed by atoms with Crippen LogP contribution in [0.3, 0.4) is 0 Å². The Morgan fingerprint density at radius 1 is 1.33 bits per heavy atom. The van der Waals surface area contributed by atoms with E-state index in [-0.39, 0.29) is 0 Å². The van der Waals surface area contributed by atoms with E-state index in [1.165, 1.54) is 6.92 Å². The molecule has 0 aromatic carbocycles. The number of hydrogen-bond acceptors (Lipinski definition) is 4. The van der Waals surface area contributed by atoms with Gasteiger partial charge in [0.2, 0.25) is 0 Å². The van der Waals surface area contributed by atoms with Crippen molar-refractivity contribution in [1.29, 1.82) is 0 Å². The molecule has 0 saturated heterocycles. The molecule has 0 bridgehead atoms. The standard InChI is InChI=1S/C6H8O5S/c1-3(7)12-4(6(10)11)2-5(8)9/h4H,2H2,1H3,(H,8,9)(H,10,11)/t4-/m0/s1. The number of hydrogen-bond donors (Lipinski definition) is 2. The van der Waals surface area contributed by atoms with E-state index >= 15 is 0 Å². The van der Waals surface area contributed by atoms with Crippen LogP contribution >= 0.6 is 11.8 Å². The number of thioether (sulfide) groups is 1. The fraction of sp³-hybridized carbons (Fsp3) is 0.500. The van der Waals surface area contributed by atoms with Crippen LogP contribution in [0.15, 0.2) is 0 Å². The molecular weight excluding hydrogens is 184 g/mol. The van der Waals surface area contributed by atoms with Gasteiger partial charge in [-0.1, -0.05) is 11.8 Å². The summed E-state index contributed by atoms with van der Waals surface area (Å²) in [5, 5.41) is 15.1. The van der Waals surface area contributed by atoms with Gasteiger partial charge in [-0.2, -0.15) is 0 Å². The summed E-state index contributed by atoms with van der Waals surface area (Å²) in [4.78, 5) is 30.9. The summed E-state index contributed by atoms with van der Waals surface area (Å²) in [5.41, 5.74) is 0. The van der Waals surface area contributed by atoms with Crippen molar-refractivity contribution >= 4 is 28.8 Å². The molecule has 0 aliphatic rings. The van der Waals surface area contributed by atoms with Crippen molar-refractivity contribution in [3.8, 4) is 0 Å². The Balaban J connectivity index is 4.14. The highest BCUT2D eigenvalue weighted by atomic mass is 32.2. The lowest BCUT2D eigenvalue weighted by Crippen LogP contribution is -2.21. The minimum Gasteiger partial charge on any atom is -0.481 e. The van der Waals surface area contributed by atoms with Gasteiger partial charge in [0, 0.05) is 6.92 Å². The van der Waals surface area contributed by atoms with Crippen LogP contribution in [0.4, 0.5) is 0 Å². The molecule has 0 unspecified atom stereocenters. The molecule has 0 heterocycles. The highest BCUT2D eigenvalue weighted by Gasteiger charge is 2.23. The molecule has 0 aromatic rings. The predicted molar refractivity (Wildman–Crippen MR) is 41.9 cm³/mol. The van der Waals surface area contributed by atoms with Gasteiger partial charge in [0.25, 0.3) is 0 Å². The van der Waals surface area contributed by atoms with Crippen molar-refractivity contribution in [3.05, 3.63) is 0 Å². The Labute approximate surface area is 72.8 Å². The van der Waals surface area contributed by atoms with Crippen molar-refractivity contribution in [2.45, 2.75) is 18.6 Å². The molecule has 0 saturated carbocycles. The fourth-order valence-electron chi connectivity index (χ4n) is 0.538. The Bertz CT molecular complexity index is 196. The first-order valence-corrected chi connectivity index (χ1v) is 3.93. The number of carbonyl (C=O) groups excluding carboxylic acids is 1. The average Bonchev–Trinajstić information content (AvgIpc) is 1.83. The van der Waals surface area contributed by atoms with Crippen LogP contribution < -0.4 is 0 Å². The summed E-state index contributed by atoms with van der Waals surface area (Å²) in [7, 11) is 0. The van der Waals surface area contributed by atoms with Gasteiger partial charge in [-0.25, -0.2) is 0 Å². The molecule has 0 aliphatic carbocycles. The van der Waals surface area contributed by atoms with Crippen molar-refractivity contribution in [2.24, 2.45) is 0 Å². The van der Waals surface area contributed by atoms with Gasteiger partial charge in [0.1, 0.15) is 5.25 Å².